The highest BCUT2D eigenvalue weighted by molar-refractivity contribution is 5.27. The molecular formula is C13H19F3N4O. The molecule has 1 N–H and O–H groups in total. The van der Waals surface area contributed by atoms with E-state index in [0.29, 0.717) is 19.8 Å². The van der Waals surface area contributed by atoms with E-state index in [1.807, 2.05) is 14.1 Å². The number of rotatable bonds is 4. The van der Waals surface area contributed by atoms with Crippen molar-refractivity contribution in [3.8, 4) is 0 Å². The summed E-state index contributed by atoms with van der Waals surface area (Å²) < 4.78 is 43.2. The van der Waals surface area contributed by atoms with Crippen molar-refractivity contribution in [3.05, 3.63) is 18.0 Å². The van der Waals surface area contributed by atoms with E-state index in [9.17, 15) is 13.2 Å². The molecule has 0 atom stereocenters. The number of hydrogen-bond acceptors (Lipinski definition) is 5. The molecule has 0 saturated carbocycles. The molecule has 0 radical (unpaired) electrons. The van der Waals surface area contributed by atoms with Gasteiger partial charge in [0.1, 0.15) is 5.69 Å². The first kappa shape index (κ1) is 16.0. The van der Waals surface area contributed by atoms with Crippen molar-refractivity contribution in [2.75, 3.05) is 39.2 Å². The second-order valence-corrected chi connectivity index (χ2v) is 5.35. The van der Waals surface area contributed by atoms with Gasteiger partial charge < -0.3 is 15.0 Å². The zero-order valence-corrected chi connectivity index (χ0v) is 12.1. The summed E-state index contributed by atoms with van der Waals surface area (Å²) in [5, 5.41) is 2.93. The fourth-order valence-electron chi connectivity index (χ4n) is 2.38. The van der Waals surface area contributed by atoms with Gasteiger partial charge in [0.05, 0.1) is 0 Å². The summed E-state index contributed by atoms with van der Waals surface area (Å²) in [5.74, 6) is -0.00228. The van der Waals surface area contributed by atoms with Gasteiger partial charge >= 0.3 is 6.18 Å². The molecular weight excluding hydrogens is 285 g/mol. The average molecular weight is 304 g/mol. The van der Waals surface area contributed by atoms with Crippen LogP contribution in [0.15, 0.2) is 12.3 Å². The minimum Gasteiger partial charge on any atom is -0.381 e. The standard InChI is InChI=1S/C13H19F3N4O/c1-20(2)12(4-7-21-8-5-12)9-18-11-17-6-3-10(19-11)13(14,15)16/h3,6H,4-5,7-9H2,1-2H3,(H,17,18,19). The molecule has 0 amide bonds. The van der Waals surface area contributed by atoms with E-state index in [1.165, 1.54) is 0 Å². The Labute approximate surface area is 121 Å². The van der Waals surface area contributed by atoms with Gasteiger partial charge in [-0.3, -0.25) is 0 Å². The van der Waals surface area contributed by atoms with E-state index in [0.717, 1.165) is 25.1 Å². The van der Waals surface area contributed by atoms with Gasteiger partial charge in [0.25, 0.3) is 0 Å². The number of likely N-dealkylation sites (N-methyl/N-ethyl adjacent to an activating group) is 1. The van der Waals surface area contributed by atoms with Crippen molar-refractivity contribution in [1.82, 2.24) is 14.9 Å². The number of hydrogen-bond donors (Lipinski definition) is 1. The highest BCUT2D eigenvalue weighted by atomic mass is 19.4. The third kappa shape index (κ3) is 3.82. The van der Waals surface area contributed by atoms with Crippen LogP contribution < -0.4 is 5.32 Å². The fourth-order valence-corrected chi connectivity index (χ4v) is 2.38. The Bertz CT molecular complexity index is 473. The van der Waals surface area contributed by atoms with Crippen molar-refractivity contribution in [1.29, 1.82) is 0 Å². The van der Waals surface area contributed by atoms with Gasteiger partial charge in [-0.1, -0.05) is 0 Å². The molecule has 1 aromatic rings. The van der Waals surface area contributed by atoms with E-state index in [2.05, 4.69) is 20.2 Å². The molecule has 8 heteroatoms. The number of ether oxygens (including phenoxy) is 1. The molecule has 0 aliphatic carbocycles. The van der Waals surface area contributed by atoms with Crippen LogP contribution in [-0.4, -0.2) is 54.3 Å². The lowest BCUT2D eigenvalue weighted by Crippen LogP contribution is -2.53. The number of halogens is 3. The van der Waals surface area contributed by atoms with E-state index < -0.39 is 11.9 Å². The Hall–Kier alpha value is -1.41. The zero-order chi connectivity index (χ0) is 15.5. The number of aromatic nitrogens is 2. The second kappa shape index (κ2) is 6.15. The maximum atomic E-state index is 12.6. The molecule has 1 aliphatic rings. The number of nitrogens with zero attached hydrogens (tertiary/aromatic N) is 3. The monoisotopic (exact) mass is 304 g/mol. The summed E-state index contributed by atoms with van der Waals surface area (Å²) in [4.78, 5) is 9.46. The van der Waals surface area contributed by atoms with E-state index >= 15 is 0 Å². The molecule has 0 bridgehead atoms. The molecule has 2 heterocycles. The maximum absolute atomic E-state index is 12.6. The summed E-state index contributed by atoms with van der Waals surface area (Å²) in [5.41, 5.74) is -1.10. The van der Waals surface area contributed by atoms with Crippen molar-refractivity contribution in [2.24, 2.45) is 0 Å². The zero-order valence-electron chi connectivity index (χ0n) is 12.1. The third-order valence-corrected chi connectivity index (χ3v) is 3.89. The van der Waals surface area contributed by atoms with Crippen LogP contribution in [0, 0.1) is 0 Å². The molecule has 1 saturated heterocycles. The van der Waals surface area contributed by atoms with Crippen LogP contribution >= 0.6 is 0 Å². The highest BCUT2D eigenvalue weighted by Crippen LogP contribution is 2.28. The van der Waals surface area contributed by atoms with Crippen LogP contribution in [-0.2, 0) is 10.9 Å². The smallest absolute Gasteiger partial charge is 0.381 e. The molecule has 1 fully saturated rings. The molecule has 5 nitrogen and oxygen atoms in total. The first-order valence-electron chi connectivity index (χ1n) is 6.73. The molecule has 118 valence electrons. The van der Waals surface area contributed by atoms with E-state index in [4.69, 9.17) is 4.74 Å². The van der Waals surface area contributed by atoms with Gasteiger partial charge in [-0.05, 0) is 33.0 Å². The Morgan fingerprint density at radius 3 is 2.57 bits per heavy atom. The predicted octanol–water partition coefficient (Wildman–Crippen LogP) is 2.02. The number of nitrogens with one attached hydrogen (secondary N) is 1. The van der Waals surface area contributed by atoms with Gasteiger partial charge in [0, 0.05) is 31.5 Å². The van der Waals surface area contributed by atoms with Crippen LogP contribution in [0.25, 0.3) is 0 Å². The van der Waals surface area contributed by atoms with Crippen LogP contribution in [0.3, 0.4) is 0 Å². The quantitative estimate of drug-likeness (QED) is 0.922. The molecule has 2 rings (SSSR count). The van der Waals surface area contributed by atoms with Crippen LogP contribution in [0.2, 0.25) is 0 Å². The van der Waals surface area contributed by atoms with Gasteiger partial charge in [-0.15, -0.1) is 0 Å². The van der Waals surface area contributed by atoms with Crippen molar-refractivity contribution >= 4 is 5.95 Å². The molecule has 1 aliphatic heterocycles. The topological polar surface area (TPSA) is 50.3 Å². The van der Waals surface area contributed by atoms with Crippen molar-refractivity contribution in [2.45, 2.75) is 24.6 Å². The Kier molecular flexibility index (Phi) is 4.67. The van der Waals surface area contributed by atoms with Gasteiger partial charge in [-0.25, -0.2) is 9.97 Å². The highest BCUT2D eigenvalue weighted by Gasteiger charge is 2.36. The van der Waals surface area contributed by atoms with Crippen LogP contribution in [0.4, 0.5) is 19.1 Å². The molecule has 0 aromatic carbocycles. The Morgan fingerprint density at radius 1 is 1.33 bits per heavy atom. The normalized spacial score (nSPS) is 18.8. The van der Waals surface area contributed by atoms with Gasteiger partial charge in [0.15, 0.2) is 0 Å². The summed E-state index contributed by atoms with van der Waals surface area (Å²) in [6.07, 6.45) is -1.72. The number of alkyl halides is 3. The molecule has 0 spiro atoms. The fraction of sp³-hybridized carbons (Fsp3) is 0.692. The minimum atomic E-state index is -4.46. The maximum Gasteiger partial charge on any atom is 0.433 e. The molecule has 1 aromatic heterocycles. The predicted molar refractivity (Wildman–Crippen MR) is 72.0 cm³/mol. The van der Waals surface area contributed by atoms with Crippen molar-refractivity contribution in [3.63, 3.8) is 0 Å². The first-order chi connectivity index (χ1) is 9.83. The summed E-state index contributed by atoms with van der Waals surface area (Å²) in [6.45, 7) is 1.76. The summed E-state index contributed by atoms with van der Waals surface area (Å²) in [7, 11) is 3.92. The third-order valence-electron chi connectivity index (χ3n) is 3.89. The Morgan fingerprint density at radius 2 is 2.00 bits per heavy atom. The summed E-state index contributed by atoms with van der Waals surface area (Å²) in [6, 6.07) is 0.862. The second-order valence-electron chi connectivity index (χ2n) is 5.35. The first-order valence-corrected chi connectivity index (χ1v) is 6.73. The molecule has 0 unspecified atom stereocenters. The van der Waals surface area contributed by atoms with E-state index in [1.54, 1.807) is 0 Å². The molecule has 21 heavy (non-hydrogen) atoms. The lowest BCUT2D eigenvalue weighted by atomic mass is 9.88. The lowest BCUT2D eigenvalue weighted by Gasteiger charge is -2.42. The minimum absolute atomic E-state index is 0.00228. The number of anilines is 1. The van der Waals surface area contributed by atoms with Crippen LogP contribution in [0.5, 0.6) is 0 Å². The summed E-state index contributed by atoms with van der Waals surface area (Å²) >= 11 is 0. The Balaban J connectivity index is 2.07. The lowest BCUT2D eigenvalue weighted by molar-refractivity contribution is -0.141. The van der Waals surface area contributed by atoms with E-state index in [-0.39, 0.29) is 11.5 Å². The SMILES string of the molecule is CN(C)C1(CNc2nccc(C(F)(F)F)n2)CCOCC1. The van der Waals surface area contributed by atoms with Gasteiger partial charge in [0.2, 0.25) is 5.95 Å². The van der Waals surface area contributed by atoms with Crippen LogP contribution in [0.1, 0.15) is 18.5 Å². The average Bonchev–Trinajstić information content (AvgIpc) is 2.45. The van der Waals surface area contributed by atoms with Crippen molar-refractivity contribution < 1.29 is 17.9 Å². The van der Waals surface area contributed by atoms with Gasteiger partial charge in [-0.2, -0.15) is 13.2 Å². The largest absolute Gasteiger partial charge is 0.433 e.